The second-order valence-electron chi connectivity index (χ2n) is 3.45. The summed E-state index contributed by atoms with van der Waals surface area (Å²) in [6.07, 6.45) is 2.38. The van der Waals surface area contributed by atoms with Crippen molar-refractivity contribution in [3.63, 3.8) is 0 Å². The first-order valence-corrected chi connectivity index (χ1v) is 6.82. The van der Waals surface area contributed by atoms with Gasteiger partial charge in [0.05, 0.1) is 6.26 Å². The molecule has 0 aliphatic heterocycles. The van der Waals surface area contributed by atoms with Crippen molar-refractivity contribution in [2.75, 3.05) is 11.0 Å². The quantitative estimate of drug-likeness (QED) is 0.850. The van der Waals surface area contributed by atoms with Crippen LogP contribution in [0, 0.1) is 6.92 Å². The molecule has 0 saturated carbocycles. The van der Waals surface area contributed by atoms with Crippen LogP contribution in [0.5, 0.6) is 0 Å². The van der Waals surface area contributed by atoms with Gasteiger partial charge in [-0.15, -0.1) is 0 Å². The van der Waals surface area contributed by atoms with E-state index in [2.05, 4.69) is 18.6 Å². The topological polar surface area (TPSA) is 46.2 Å². The third kappa shape index (κ3) is 8.00. The molecular formula is C11H21NO2S. The molecule has 0 atom stereocenters. The van der Waals surface area contributed by atoms with Gasteiger partial charge >= 0.3 is 0 Å². The van der Waals surface area contributed by atoms with Crippen LogP contribution in [0.4, 0.5) is 5.69 Å². The molecule has 0 aliphatic carbocycles. The van der Waals surface area contributed by atoms with Crippen LogP contribution in [0.15, 0.2) is 24.3 Å². The van der Waals surface area contributed by atoms with Gasteiger partial charge in [0, 0.05) is 7.11 Å². The Hall–Kier alpha value is -1.03. The summed E-state index contributed by atoms with van der Waals surface area (Å²) in [4.78, 5) is 0. The highest BCUT2D eigenvalue weighted by molar-refractivity contribution is 7.92. The molecule has 0 heterocycles. The van der Waals surface area contributed by atoms with Crippen molar-refractivity contribution in [2.24, 2.45) is 0 Å². The van der Waals surface area contributed by atoms with E-state index in [0.29, 0.717) is 5.69 Å². The zero-order chi connectivity index (χ0) is 11.9. The third-order valence-electron chi connectivity index (χ3n) is 1.32. The lowest BCUT2D eigenvalue weighted by molar-refractivity contribution is 0.607. The largest absolute Gasteiger partial charge is 0.284 e. The van der Waals surface area contributed by atoms with Crippen LogP contribution in [-0.2, 0) is 10.0 Å². The molecule has 4 heteroatoms. The number of aryl methyl sites for hydroxylation is 1. The molecule has 1 rings (SSSR count). The fraction of sp³-hybridized carbons (Fsp3) is 0.455. The van der Waals surface area contributed by atoms with Crippen LogP contribution in [0.1, 0.15) is 27.3 Å². The Balaban J connectivity index is 0. The Labute approximate surface area is 94.1 Å². The van der Waals surface area contributed by atoms with Gasteiger partial charge in [-0.25, -0.2) is 8.42 Å². The monoisotopic (exact) mass is 231 g/mol. The van der Waals surface area contributed by atoms with Crippen LogP contribution < -0.4 is 4.72 Å². The van der Waals surface area contributed by atoms with Crippen LogP contribution >= 0.6 is 0 Å². The third-order valence-corrected chi connectivity index (χ3v) is 1.93. The summed E-state index contributed by atoms with van der Waals surface area (Å²) in [5.41, 5.74) is 1.64. The predicted octanol–water partition coefficient (Wildman–Crippen LogP) is 3.03. The zero-order valence-corrected chi connectivity index (χ0v) is 10.6. The van der Waals surface area contributed by atoms with E-state index in [1.807, 2.05) is 19.1 Å². The smallest absolute Gasteiger partial charge is 0.229 e. The summed E-state index contributed by atoms with van der Waals surface area (Å²) in [6.45, 7) is 6.16. The second-order valence-corrected chi connectivity index (χ2v) is 5.20. The average Bonchev–Trinajstić information content (AvgIpc) is 2.01. The maximum absolute atomic E-state index is 10.8. The number of nitrogens with one attached hydrogen (secondary N) is 1. The molecule has 0 radical (unpaired) electrons. The first-order valence-electron chi connectivity index (χ1n) is 4.93. The van der Waals surface area contributed by atoms with E-state index in [0.717, 1.165) is 11.8 Å². The van der Waals surface area contributed by atoms with Gasteiger partial charge in [-0.05, 0) is 24.6 Å². The van der Waals surface area contributed by atoms with Crippen molar-refractivity contribution in [2.45, 2.75) is 27.2 Å². The van der Waals surface area contributed by atoms with Crippen molar-refractivity contribution in [1.82, 2.24) is 0 Å². The van der Waals surface area contributed by atoms with E-state index in [4.69, 9.17) is 0 Å². The maximum atomic E-state index is 10.8. The molecule has 0 aliphatic rings. The van der Waals surface area contributed by atoms with E-state index in [-0.39, 0.29) is 1.43 Å². The standard InChI is InChI=1S/C8H11NO2S.C3H8.H2/c1-7-4-3-5-8(6-7)9-12(2,10)11;1-3-2;/h3-6,9H,1-2H3;3H2,1-2H3;1H. The first kappa shape index (κ1) is 14.0. The first-order chi connectivity index (χ1) is 6.89. The molecule has 3 nitrogen and oxygen atoms in total. The summed E-state index contributed by atoms with van der Waals surface area (Å²) in [5.74, 6) is 0. The van der Waals surface area contributed by atoms with Crippen molar-refractivity contribution in [3.05, 3.63) is 29.8 Å². The molecule has 1 aromatic rings. The number of rotatable bonds is 2. The molecule has 0 amide bonds. The Morgan fingerprint density at radius 3 is 2.27 bits per heavy atom. The normalized spacial score (nSPS) is 10.1. The Morgan fingerprint density at radius 2 is 1.87 bits per heavy atom. The summed E-state index contributed by atoms with van der Waals surface area (Å²) in [5, 5.41) is 0. The van der Waals surface area contributed by atoms with Crippen LogP contribution in [0.25, 0.3) is 0 Å². The summed E-state index contributed by atoms with van der Waals surface area (Å²) in [7, 11) is -3.14. The van der Waals surface area contributed by atoms with Crippen LogP contribution in [0.2, 0.25) is 0 Å². The van der Waals surface area contributed by atoms with E-state index in [1.165, 1.54) is 6.42 Å². The molecule has 0 aromatic heterocycles. The van der Waals surface area contributed by atoms with Crippen LogP contribution in [0.3, 0.4) is 0 Å². The molecule has 0 unspecified atom stereocenters. The molecule has 0 fully saturated rings. The van der Waals surface area contributed by atoms with E-state index in [1.54, 1.807) is 12.1 Å². The van der Waals surface area contributed by atoms with Gasteiger partial charge < -0.3 is 0 Å². The maximum Gasteiger partial charge on any atom is 0.229 e. The Bertz CT molecular complexity index is 391. The summed E-state index contributed by atoms with van der Waals surface area (Å²) in [6, 6.07) is 7.21. The SMILES string of the molecule is CCC.Cc1cccc(NS(C)(=O)=O)c1.[HH]. The van der Waals surface area contributed by atoms with Gasteiger partial charge in [0.2, 0.25) is 10.0 Å². The van der Waals surface area contributed by atoms with Gasteiger partial charge in [-0.2, -0.15) is 0 Å². The number of hydrogen-bond acceptors (Lipinski definition) is 2. The number of anilines is 1. The van der Waals surface area contributed by atoms with Gasteiger partial charge in [-0.3, -0.25) is 4.72 Å². The number of sulfonamides is 1. The minimum atomic E-state index is -3.14. The van der Waals surface area contributed by atoms with Gasteiger partial charge in [0.1, 0.15) is 0 Å². The Kier molecular flexibility index (Phi) is 6.01. The summed E-state index contributed by atoms with van der Waals surface area (Å²) < 4.78 is 24.0. The average molecular weight is 231 g/mol. The molecule has 15 heavy (non-hydrogen) atoms. The van der Waals surface area contributed by atoms with Crippen molar-refractivity contribution in [3.8, 4) is 0 Å². The highest BCUT2D eigenvalue weighted by Gasteiger charge is 1.99. The fourth-order valence-corrected chi connectivity index (χ4v) is 1.48. The van der Waals surface area contributed by atoms with Gasteiger partial charge in [0.15, 0.2) is 0 Å². The minimum Gasteiger partial charge on any atom is -0.284 e. The van der Waals surface area contributed by atoms with Gasteiger partial charge in [0.25, 0.3) is 0 Å². The van der Waals surface area contributed by atoms with E-state index in [9.17, 15) is 8.42 Å². The lowest BCUT2D eigenvalue weighted by atomic mass is 10.2. The lowest BCUT2D eigenvalue weighted by Gasteiger charge is -2.03. The molecule has 0 saturated heterocycles. The van der Waals surface area contributed by atoms with E-state index >= 15 is 0 Å². The lowest BCUT2D eigenvalue weighted by Crippen LogP contribution is -2.09. The number of hydrogen-bond donors (Lipinski definition) is 1. The predicted molar refractivity (Wildman–Crippen MR) is 67.7 cm³/mol. The van der Waals surface area contributed by atoms with Crippen molar-refractivity contribution >= 4 is 15.7 Å². The van der Waals surface area contributed by atoms with Crippen molar-refractivity contribution in [1.29, 1.82) is 0 Å². The minimum absolute atomic E-state index is 0. The zero-order valence-electron chi connectivity index (χ0n) is 9.74. The van der Waals surface area contributed by atoms with Crippen LogP contribution in [-0.4, -0.2) is 14.7 Å². The van der Waals surface area contributed by atoms with E-state index < -0.39 is 10.0 Å². The number of benzene rings is 1. The molecule has 88 valence electrons. The molecule has 1 N–H and O–H groups in total. The molecule has 0 spiro atoms. The molecular weight excluding hydrogens is 210 g/mol. The summed E-state index contributed by atoms with van der Waals surface area (Å²) >= 11 is 0. The molecule has 1 aromatic carbocycles. The highest BCUT2D eigenvalue weighted by atomic mass is 32.2. The highest BCUT2D eigenvalue weighted by Crippen LogP contribution is 2.10. The Morgan fingerprint density at radius 1 is 1.33 bits per heavy atom. The second kappa shape index (κ2) is 6.45. The van der Waals surface area contributed by atoms with Gasteiger partial charge in [-0.1, -0.05) is 32.4 Å². The molecule has 0 bridgehead atoms. The van der Waals surface area contributed by atoms with Crippen molar-refractivity contribution < 1.29 is 9.84 Å². The fourth-order valence-electron chi connectivity index (χ4n) is 0.923.